The van der Waals surface area contributed by atoms with Gasteiger partial charge in [0.05, 0.1) is 11.1 Å². The van der Waals surface area contributed by atoms with Gasteiger partial charge in [0.1, 0.15) is 0 Å². The zero-order valence-corrected chi connectivity index (χ0v) is 8.86. The first-order chi connectivity index (χ1) is 7.61. The monoisotopic (exact) mass is 219 g/mol. The van der Waals surface area contributed by atoms with Gasteiger partial charge in [-0.2, -0.15) is 0 Å². The fraction of sp³-hybridized carbons (Fsp3) is 0.273. The fourth-order valence-corrected chi connectivity index (χ4v) is 2.06. The lowest BCUT2D eigenvalue weighted by atomic mass is 10.0. The van der Waals surface area contributed by atoms with Crippen LogP contribution >= 0.6 is 0 Å². The Bertz CT molecular complexity index is 535. The molecule has 5 nitrogen and oxygen atoms in total. The number of benzene rings is 1. The minimum atomic E-state index is -0.332. The first-order valence-electron chi connectivity index (χ1n) is 4.87. The normalized spacial score (nSPS) is 17.0. The van der Waals surface area contributed by atoms with E-state index in [9.17, 15) is 9.59 Å². The molecule has 3 rings (SSSR count). The van der Waals surface area contributed by atoms with Gasteiger partial charge in [0.15, 0.2) is 11.5 Å². The number of amides is 2. The minimum Gasteiger partial charge on any atom is -0.453 e. The van der Waals surface area contributed by atoms with Gasteiger partial charge < -0.3 is 9.47 Å². The predicted molar refractivity (Wildman–Crippen MR) is 53.7 cm³/mol. The predicted octanol–water partition coefficient (Wildman–Crippen LogP) is 0.950. The van der Waals surface area contributed by atoms with Crippen LogP contribution in [0, 0.1) is 6.92 Å². The molecule has 2 aliphatic heterocycles. The van der Waals surface area contributed by atoms with Crippen molar-refractivity contribution in [3.8, 4) is 11.5 Å². The average Bonchev–Trinajstić information content (AvgIpc) is 2.81. The van der Waals surface area contributed by atoms with E-state index in [0.29, 0.717) is 22.6 Å². The van der Waals surface area contributed by atoms with Gasteiger partial charge in [0.2, 0.25) is 6.79 Å². The summed E-state index contributed by atoms with van der Waals surface area (Å²) >= 11 is 0. The van der Waals surface area contributed by atoms with Gasteiger partial charge in [0, 0.05) is 7.05 Å². The highest BCUT2D eigenvalue weighted by atomic mass is 16.7. The molecule has 1 aromatic rings. The Morgan fingerprint density at radius 1 is 1.19 bits per heavy atom. The van der Waals surface area contributed by atoms with Crippen LogP contribution in [0.3, 0.4) is 0 Å². The summed E-state index contributed by atoms with van der Waals surface area (Å²) in [5.41, 5.74) is 1.53. The van der Waals surface area contributed by atoms with Crippen LogP contribution in [0.2, 0.25) is 0 Å². The van der Waals surface area contributed by atoms with Crippen molar-refractivity contribution in [2.24, 2.45) is 0 Å². The molecule has 2 amide bonds. The molecule has 5 heteroatoms. The summed E-state index contributed by atoms with van der Waals surface area (Å²) in [7, 11) is 1.46. The Kier molecular flexibility index (Phi) is 1.58. The molecule has 0 saturated carbocycles. The van der Waals surface area contributed by atoms with Gasteiger partial charge in [0.25, 0.3) is 11.8 Å². The van der Waals surface area contributed by atoms with Crippen molar-refractivity contribution in [3.63, 3.8) is 0 Å². The number of fused-ring (bicyclic) bond motifs is 3. The molecule has 0 radical (unpaired) electrons. The van der Waals surface area contributed by atoms with E-state index in [1.54, 1.807) is 6.07 Å². The lowest BCUT2D eigenvalue weighted by Gasteiger charge is -2.04. The Labute approximate surface area is 91.6 Å². The molecular weight excluding hydrogens is 210 g/mol. The summed E-state index contributed by atoms with van der Waals surface area (Å²) in [6.07, 6.45) is 0. The Balaban J connectivity index is 2.35. The van der Waals surface area contributed by atoms with Crippen LogP contribution in [-0.4, -0.2) is 30.6 Å². The number of hydrogen-bond acceptors (Lipinski definition) is 4. The third-order valence-electron chi connectivity index (χ3n) is 2.88. The first kappa shape index (κ1) is 9.21. The minimum absolute atomic E-state index is 0.0951. The second-order valence-electron chi connectivity index (χ2n) is 3.85. The number of hydrogen-bond donors (Lipinski definition) is 0. The summed E-state index contributed by atoms with van der Waals surface area (Å²) in [5, 5.41) is 0. The quantitative estimate of drug-likeness (QED) is 0.609. The number of carbonyl (C=O) groups is 2. The standard InChI is InChI=1S/C11H9NO4/c1-5-3-6-7(9-8(5)15-4-16-9)11(14)12(2)10(6)13/h3H,4H2,1-2H3. The maximum absolute atomic E-state index is 11.8. The van der Waals surface area contributed by atoms with Crippen LogP contribution in [0.25, 0.3) is 0 Å². The van der Waals surface area contributed by atoms with E-state index in [1.165, 1.54) is 7.05 Å². The van der Waals surface area contributed by atoms with E-state index < -0.39 is 0 Å². The van der Waals surface area contributed by atoms with Crippen molar-refractivity contribution >= 4 is 11.8 Å². The van der Waals surface area contributed by atoms with Crippen molar-refractivity contribution in [3.05, 3.63) is 22.8 Å². The number of aryl methyl sites for hydroxylation is 1. The molecule has 0 aliphatic carbocycles. The highest BCUT2D eigenvalue weighted by molar-refractivity contribution is 6.23. The van der Waals surface area contributed by atoms with Crippen molar-refractivity contribution in [2.75, 3.05) is 13.8 Å². The third kappa shape index (κ3) is 0.900. The molecule has 0 spiro atoms. The highest BCUT2D eigenvalue weighted by Gasteiger charge is 2.39. The molecular formula is C11H9NO4. The van der Waals surface area contributed by atoms with E-state index in [-0.39, 0.29) is 18.6 Å². The summed E-state index contributed by atoms with van der Waals surface area (Å²) in [6.45, 7) is 1.92. The van der Waals surface area contributed by atoms with E-state index in [2.05, 4.69) is 0 Å². The molecule has 0 N–H and O–H groups in total. The number of ether oxygens (including phenoxy) is 2. The van der Waals surface area contributed by atoms with Gasteiger partial charge in [-0.1, -0.05) is 0 Å². The smallest absolute Gasteiger partial charge is 0.265 e. The Hall–Kier alpha value is -2.04. The second kappa shape index (κ2) is 2.75. The van der Waals surface area contributed by atoms with Crippen molar-refractivity contribution in [2.45, 2.75) is 6.92 Å². The topological polar surface area (TPSA) is 55.8 Å². The van der Waals surface area contributed by atoms with Crippen molar-refractivity contribution < 1.29 is 19.1 Å². The molecule has 82 valence electrons. The molecule has 0 aromatic heterocycles. The fourth-order valence-electron chi connectivity index (χ4n) is 2.06. The van der Waals surface area contributed by atoms with Crippen LogP contribution in [0.4, 0.5) is 0 Å². The first-order valence-corrected chi connectivity index (χ1v) is 4.87. The van der Waals surface area contributed by atoms with Gasteiger partial charge in [-0.05, 0) is 18.6 Å². The SMILES string of the molecule is Cc1cc2c(c3c1OCO3)C(=O)N(C)C2=O. The molecule has 0 fully saturated rings. The lowest BCUT2D eigenvalue weighted by molar-refractivity contribution is 0.0692. The Morgan fingerprint density at radius 3 is 2.62 bits per heavy atom. The van der Waals surface area contributed by atoms with Crippen LogP contribution in [0.1, 0.15) is 26.3 Å². The van der Waals surface area contributed by atoms with Gasteiger partial charge >= 0.3 is 0 Å². The summed E-state index contributed by atoms with van der Waals surface area (Å²) in [4.78, 5) is 24.7. The zero-order valence-electron chi connectivity index (χ0n) is 8.86. The molecule has 0 bridgehead atoms. The molecule has 2 aliphatic rings. The van der Waals surface area contributed by atoms with Crippen LogP contribution in [0.5, 0.6) is 11.5 Å². The summed E-state index contributed by atoms with van der Waals surface area (Å²) in [6, 6.07) is 1.67. The largest absolute Gasteiger partial charge is 0.453 e. The summed E-state index contributed by atoms with van der Waals surface area (Å²) < 4.78 is 10.5. The van der Waals surface area contributed by atoms with Crippen molar-refractivity contribution in [1.29, 1.82) is 0 Å². The zero-order chi connectivity index (χ0) is 11.4. The third-order valence-corrected chi connectivity index (χ3v) is 2.88. The highest BCUT2D eigenvalue weighted by Crippen LogP contribution is 2.43. The van der Waals surface area contributed by atoms with Crippen LogP contribution < -0.4 is 9.47 Å². The van der Waals surface area contributed by atoms with Crippen molar-refractivity contribution in [1.82, 2.24) is 4.90 Å². The molecule has 16 heavy (non-hydrogen) atoms. The molecule has 0 saturated heterocycles. The maximum Gasteiger partial charge on any atom is 0.265 e. The average molecular weight is 219 g/mol. The van der Waals surface area contributed by atoms with E-state index in [1.807, 2.05) is 6.92 Å². The molecule has 1 aromatic carbocycles. The van der Waals surface area contributed by atoms with E-state index in [0.717, 1.165) is 10.5 Å². The van der Waals surface area contributed by atoms with Gasteiger partial charge in [-0.3, -0.25) is 14.5 Å². The summed E-state index contributed by atoms with van der Waals surface area (Å²) in [5.74, 6) is 0.344. The lowest BCUT2D eigenvalue weighted by Crippen LogP contribution is -2.24. The number of nitrogens with zero attached hydrogens (tertiary/aromatic N) is 1. The Morgan fingerprint density at radius 2 is 1.88 bits per heavy atom. The number of carbonyl (C=O) groups excluding carboxylic acids is 2. The van der Waals surface area contributed by atoms with E-state index >= 15 is 0 Å². The molecule has 2 heterocycles. The second-order valence-corrected chi connectivity index (χ2v) is 3.85. The maximum atomic E-state index is 11.8. The van der Waals surface area contributed by atoms with Crippen LogP contribution in [0.15, 0.2) is 6.07 Å². The molecule has 0 atom stereocenters. The van der Waals surface area contributed by atoms with E-state index in [4.69, 9.17) is 9.47 Å². The number of rotatable bonds is 0. The van der Waals surface area contributed by atoms with Gasteiger partial charge in [-0.25, -0.2) is 0 Å². The number of imide groups is 1. The molecule has 0 unspecified atom stereocenters. The van der Waals surface area contributed by atoms with Crippen LogP contribution in [-0.2, 0) is 0 Å². The van der Waals surface area contributed by atoms with Gasteiger partial charge in [-0.15, -0.1) is 0 Å².